The van der Waals surface area contributed by atoms with Crippen molar-refractivity contribution in [1.82, 2.24) is 9.55 Å². The van der Waals surface area contributed by atoms with Crippen molar-refractivity contribution in [3.8, 4) is 0 Å². The second-order valence-electron chi connectivity index (χ2n) is 7.19. The summed E-state index contributed by atoms with van der Waals surface area (Å²) in [5.41, 5.74) is 3.28. The van der Waals surface area contributed by atoms with Crippen LogP contribution in [0.15, 0.2) is 46.0 Å². The van der Waals surface area contributed by atoms with Crippen molar-refractivity contribution in [1.29, 1.82) is 0 Å². The van der Waals surface area contributed by atoms with Crippen LogP contribution in [-0.2, 0) is 7.05 Å². The quantitative estimate of drug-likeness (QED) is 0.438. The molecule has 28 heavy (non-hydrogen) atoms. The van der Waals surface area contributed by atoms with Crippen LogP contribution in [0.3, 0.4) is 0 Å². The van der Waals surface area contributed by atoms with Gasteiger partial charge in [-0.05, 0) is 42.5 Å². The molecule has 1 atom stereocenters. The summed E-state index contributed by atoms with van der Waals surface area (Å²) < 4.78 is 3.05. The van der Waals surface area contributed by atoms with Crippen molar-refractivity contribution in [3.63, 3.8) is 0 Å². The molecule has 1 aliphatic carbocycles. The molecule has 0 saturated carbocycles. The lowest BCUT2D eigenvalue weighted by Crippen LogP contribution is -2.19. The topological polar surface area (TPSA) is 29.9 Å². The third-order valence-electron chi connectivity index (χ3n) is 5.13. The predicted octanol–water partition coefficient (Wildman–Crippen LogP) is 7.66. The van der Waals surface area contributed by atoms with Crippen molar-refractivity contribution in [3.05, 3.63) is 56.5 Å². The molecule has 0 fully saturated rings. The number of imidazole rings is 1. The molecule has 0 radical (unpaired) electrons. The maximum Gasteiger partial charge on any atom is 0.204 e. The van der Waals surface area contributed by atoms with Gasteiger partial charge in [-0.25, -0.2) is 4.98 Å². The van der Waals surface area contributed by atoms with Gasteiger partial charge in [0.1, 0.15) is 5.52 Å². The number of rotatable bonds is 7. The summed E-state index contributed by atoms with van der Waals surface area (Å²) in [6.45, 7) is 4.48. The summed E-state index contributed by atoms with van der Waals surface area (Å²) in [7, 11) is 2.04. The largest absolute Gasteiger partial charge is 0.344 e. The molecule has 0 spiro atoms. The lowest BCUT2D eigenvalue weighted by molar-refractivity contribution is 0.562. The highest BCUT2D eigenvalue weighted by Gasteiger charge is 2.21. The summed E-state index contributed by atoms with van der Waals surface area (Å²) in [4.78, 5) is 4.82. The summed E-state index contributed by atoms with van der Waals surface area (Å²) in [5, 5.41) is 4.83. The molecule has 1 N–H and O–H groups in total. The molecule has 6 heteroatoms. The Hall–Kier alpha value is -1.23. The number of allylic oxidation sites excluding steroid dienone is 4. The molecule has 0 aliphatic heterocycles. The number of anilines is 1. The van der Waals surface area contributed by atoms with E-state index in [1.54, 1.807) is 0 Å². The van der Waals surface area contributed by atoms with E-state index in [1.165, 1.54) is 5.56 Å². The SMILES string of the molecule is CCCC(CCC)c1ccc(Cl)c2nc(NC3C=CC=C(Br)C=C3Cl)n(C)c12. The van der Waals surface area contributed by atoms with Crippen LogP contribution in [0.2, 0.25) is 5.02 Å². The van der Waals surface area contributed by atoms with Crippen LogP contribution in [0.1, 0.15) is 51.0 Å². The van der Waals surface area contributed by atoms with Gasteiger partial charge in [0.2, 0.25) is 5.95 Å². The average Bonchev–Trinajstić information content (AvgIpc) is 2.89. The minimum absolute atomic E-state index is 0.146. The maximum absolute atomic E-state index is 6.52. The molecule has 1 aromatic carbocycles. The minimum atomic E-state index is -0.146. The molecule has 1 aromatic heterocycles. The fourth-order valence-corrected chi connectivity index (χ4v) is 4.77. The van der Waals surface area contributed by atoms with Crippen molar-refractivity contribution in [2.75, 3.05) is 5.32 Å². The number of aryl methyl sites for hydroxylation is 1. The Bertz CT molecular complexity index is 937. The zero-order valence-electron chi connectivity index (χ0n) is 16.5. The Morgan fingerprint density at radius 2 is 1.93 bits per heavy atom. The van der Waals surface area contributed by atoms with Gasteiger partial charge in [-0.3, -0.25) is 0 Å². The monoisotopic (exact) mass is 481 g/mol. The van der Waals surface area contributed by atoms with Gasteiger partial charge in [-0.15, -0.1) is 0 Å². The lowest BCUT2D eigenvalue weighted by Gasteiger charge is -2.19. The van der Waals surface area contributed by atoms with Gasteiger partial charge in [-0.1, -0.05) is 84.0 Å². The second-order valence-corrected chi connectivity index (χ2v) is 8.95. The molecule has 1 aliphatic rings. The summed E-state index contributed by atoms with van der Waals surface area (Å²) in [6.07, 6.45) is 12.5. The second kappa shape index (κ2) is 9.51. The van der Waals surface area contributed by atoms with Crippen LogP contribution in [0.4, 0.5) is 5.95 Å². The molecule has 3 rings (SSSR count). The predicted molar refractivity (Wildman–Crippen MR) is 126 cm³/mol. The highest BCUT2D eigenvalue weighted by molar-refractivity contribution is 9.11. The number of hydrogen-bond donors (Lipinski definition) is 1. The van der Waals surface area contributed by atoms with Crippen LogP contribution in [0.5, 0.6) is 0 Å². The zero-order valence-corrected chi connectivity index (χ0v) is 19.6. The van der Waals surface area contributed by atoms with Crippen molar-refractivity contribution in [2.24, 2.45) is 7.05 Å². The van der Waals surface area contributed by atoms with E-state index < -0.39 is 0 Å². The van der Waals surface area contributed by atoms with Gasteiger partial charge in [0, 0.05) is 16.6 Å². The Kier molecular flexibility index (Phi) is 7.30. The van der Waals surface area contributed by atoms with E-state index in [-0.39, 0.29) is 6.04 Å². The molecule has 150 valence electrons. The van der Waals surface area contributed by atoms with Crippen molar-refractivity contribution >= 4 is 56.1 Å². The van der Waals surface area contributed by atoms with Crippen LogP contribution in [-0.4, -0.2) is 15.6 Å². The molecular weight excluding hydrogens is 457 g/mol. The smallest absolute Gasteiger partial charge is 0.204 e. The first-order chi connectivity index (χ1) is 13.5. The van der Waals surface area contributed by atoms with E-state index in [1.807, 2.05) is 37.4 Å². The van der Waals surface area contributed by atoms with E-state index >= 15 is 0 Å². The van der Waals surface area contributed by atoms with Crippen molar-refractivity contribution < 1.29 is 0 Å². The standard InChI is InChI=1S/C22H26BrCl2N3/c1-4-7-14(8-5-2)16-11-12-17(24)20-21(16)28(3)22(27-20)26-19-10-6-9-15(23)13-18(19)25/h6,9-14,19H,4-5,7-8H2,1-3H3,(H,26,27). The van der Waals surface area contributed by atoms with Crippen LogP contribution in [0, 0.1) is 0 Å². The first kappa shape index (κ1) is 21.5. The molecule has 1 unspecified atom stereocenters. The first-order valence-corrected chi connectivity index (χ1v) is 11.3. The van der Waals surface area contributed by atoms with Gasteiger partial charge in [0.25, 0.3) is 0 Å². The van der Waals surface area contributed by atoms with Gasteiger partial charge in [0.15, 0.2) is 0 Å². The van der Waals surface area contributed by atoms with Gasteiger partial charge in [-0.2, -0.15) is 0 Å². The fraction of sp³-hybridized carbons (Fsp3) is 0.409. The molecule has 0 saturated heterocycles. The molecule has 3 nitrogen and oxygen atoms in total. The average molecular weight is 483 g/mol. The number of nitrogens with one attached hydrogen (secondary N) is 1. The van der Waals surface area contributed by atoms with Gasteiger partial charge < -0.3 is 9.88 Å². The summed E-state index contributed by atoms with van der Waals surface area (Å²) >= 11 is 16.5. The third-order valence-corrected chi connectivity index (χ3v) is 6.28. The number of halogens is 3. The Morgan fingerprint density at radius 3 is 2.61 bits per heavy atom. The highest BCUT2D eigenvalue weighted by atomic mass is 79.9. The highest BCUT2D eigenvalue weighted by Crippen LogP contribution is 2.36. The fourth-order valence-electron chi connectivity index (χ4n) is 3.80. The Balaban J connectivity index is 2.04. The Morgan fingerprint density at radius 1 is 1.21 bits per heavy atom. The number of fused-ring (bicyclic) bond motifs is 1. The number of hydrogen-bond acceptors (Lipinski definition) is 2. The summed E-state index contributed by atoms with van der Waals surface area (Å²) in [6, 6.07) is 4.01. The third kappa shape index (κ3) is 4.50. The Labute approximate surface area is 185 Å². The molecule has 2 aromatic rings. The lowest BCUT2D eigenvalue weighted by atomic mass is 9.89. The van der Waals surface area contributed by atoms with E-state index in [4.69, 9.17) is 28.2 Å². The maximum atomic E-state index is 6.52. The number of benzene rings is 1. The van der Waals surface area contributed by atoms with Gasteiger partial charge >= 0.3 is 0 Å². The molecule has 1 heterocycles. The number of aromatic nitrogens is 2. The van der Waals surface area contributed by atoms with E-state index in [0.29, 0.717) is 16.0 Å². The van der Waals surface area contributed by atoms with Crippen molar-refractivity contribution in [2.45, 2.75) is 51.5 Å². The molecule has 0 amide bonds. The van der Waals surface area contributed by atoms with E-state index in [2.05, 4.69) is 45.7 Å². The summed E-state index contributed by atoms with van der Waals surface area (Å²) in [5.74, 6) is 1.27. The van der Waals surface area contributed by atoms with E-state index in [9.17, 15) is 0 Å². The first-order valence-electron chi connectivity index (χ1n) is 9.78. The van der Waals surface area contributed by atoms with E-state index in [0.717, 1.165) is 47.1 Å². The minimum Gasteiger partial charge on any atom is -0.344 e. The van der Waals surface area contributed by atoms with Crippen LogP contribution >= 0.6 is 39.1 Å². The number of nitrogens with zero attached hydrogens (tertiary/aromatic N) is 2. The zero-order chi connectivity index (χ0) is 20.3. The van der Waals surface area contributed by atoms with Crippen LogP contribution < -0.4 is 5.32 Å². The molecule has 0 bridgehead atoms. The normalized spacial score (nSPS) is 17.0. The molecular formula is C22H26BrCl2N3. The van der Waals surface area contributed by atoms with Gasteiger partial charge in [0.05, 0.1) is 16.6 Å². The van der Waals surface area contributed by atoms with Crippen LogP contribution in [0.25, 0.3) is 11.0 Å².